The topological polar surface area (TPSA) is 430 Å². The maximum atomic E-state index is 14.3. The normalized spacial score (nSPS) is 49.7. The molecule has 4 heterocycles. The number of rotatable bonds is 16. The molecule has 0 unspecified atom stereocenters. The number of carboxylic acids is 1. The van der Waals surface area contributed by atoms with Crippen LogP contribution in [0.4, 0.5) is 0 Å². The van der Waals surface area contributed by atoms with E-state index in [9.17, 15) is 85.3 Å². The van der Waals surface area contributed by atoms with Crippen LogP contribution in [0.25, 0.3) is 0 Å². The molecule has 4 saturated carbocycles. The lowest BCUT2D eigenvalue weighted by molar-refractivity contribution is -0.398. The first-order valence-corrected chi connectivity index (χ1v) is 30.7. The van der Waals surface area contributed by atoms with Gasteiger partial charge < -0.3 is 118 Å². The molecule has 89 heavy (non-hydrogen) atoms. The Morgan fingerprint density at radius 1 is 0.652 bits per heavy atom. The fourth-order valence-corrected chi connectivity index (χ4v) is 17.2. The van der Waals surface area contributed by atoms with Crippen LogP contribution >= 0.6 is 0 Å². The molecule has 12 N–H and O–H groups in total. The summed E-state index contributed by atoms with van der Waals surface area (Å²) < 4.78 is 66.6. The minimum atomic E-state index is -2.29. The SMILES string of the molecule is C/C=C(\C)C(=O)O[C@H]1[C@H](O)[C@]2(COC(C)=O)[C@H](OC(C)=O)C[C@]3(C)C(=CC[C@@H]4[C@@]5(C)CC[C@H](O[C@@H]6O[C@H](C(=O)O)[C@@H](O)[C@H](O[C@@H]7OC[C@H](O)[C@H](O)[C@H]7O[C@@H]7OC[C@@H](O)[C@H](O)[C@H]7O)[C@H]6O[C@@H]6O[C@H](CO)[C@H](O)[C@H](O)[C@H]6O)[C@@](C)(C=O)[C@@H]5CC[C@]43C)[C@@H]2CC1(C)C. The zero-order chi connectivity index (χ0) is 65.6. The van der Waals surface area contributed by atoms with Gasteiger partial charge in [0.05, 0.1) is 36.8 Å². The minimum Gasteiger partial charge on any atom is -0.479 e. The lowest BCUT2D eigenvalue weighted by Crippen LogP contribution is -2.72. The molecule has 0 bridgehead atoms. The first-order chi connectivity index (χ1) is 41.6. The van der Waals surface area contributed by atoms with E-state index in [0.29, 0.717) is 37.7 Å². The molecule has 0 aromatic carbocycles. The Labute approximate surface area is 515 Å². The van der Waals surface area contributed by atoms with E-state index in [1.54, 1.807) is 26.8 Å². The zero-order valence-corrected chi connectivity index (χ0v) is 51.8. The van der Waals surface area contributed by atoms with E-state index in [0.717, 1.165) is 11.9 Å². The summed E-state index contributed by atoms with van der Waals surface area (Å²) in [6.45, 7) is 15.3. The van der Waals surface area contributed by atoms with Gasteiger partial charge in [-0.1, -0.05) is 59.3 Å². The quantitative estimate of drug-likeness (QED) is 0.0210. The summed E-state index contributed by atoms with van der Waals surface area (Å²) >= 11 is 0. The third kappa shape index (κ3) is 11.9. The third-order valence-electron chi connectivity index (χ3n) is 22.5. The van der Waals surface area contributed by atoms with Crippen molar-refractivity contribution >= 4 is 30.2 Å². The highest BCUT2D eigenvalue weighted by Crippen LogP contribution is 2.76. The van der Waals surface area contributed by atoms with Gasteiger partial charge in [0.1, 0.15) is 111 Å². The predicted octanol–water partition coefficient (Wildman–Crippen LogP) is -1.44. The molecule has 4 saturated heterocycles. The molecule has 5 aliphatic carbocycles. The monoisotopic (exact) mass is 1270 g/mol. The van der Waals surface area contributed by atoms with Crippen LogP contribution in [0.5, 0.6) is 0 Å². The number of ether oxygens (including phenoxy) is 11. The number of carboxylic acid groups (broad SMARTS) is 1. The van der Waals surface area contributed by atoms with Crippen molar-refractivity contribution in [2.75, 3.05) is 26.4 Å². The molecule has 28 heteroatoms. The summed E-state index contributed by atoms with van der Waals surface area (Å²) in [5.74, 6) is -4.97. The number of aliphatic hydroxyl groups excluding tert-OH is 11. The number of fused-ring (bicyclic) bond motifs is 7. The van der Waals surface area contributed by atoms with Crippen LogP contribution in [0.15, 0.2) is 23.3 Å². The zero-order valence-electron chi connectivity index (χ0n) is 51.8. The molecule has 30 atom stereocenters. The number of esters is 3. The van der Waals surface area contributed by atoms with Crippen molar-refractivity contribution in [2.24, 2.45) is 50.2 Å². The molecule has 0 spiro atoms. The molecular weight excluding hydrogens is 1180 g/mol. The molecule has 9 rings (SSSR count). The van der Waals surface area contributed by atoms with Gasteiger partial charge in [-0.05, 0) is 92.8 Å². The Hall–Kier alpha value is -3.73. The number of carbonyl (C=O) groups excluding carboxylic acids is 4. The van der Waals surface area contributed by atoms with E-state index in [4.69, 9.17) is 52.1 Å². The highest BCUT2D eigenvalue weighted by molar-refractivity contribution is 5.87. The standard InChI is InChI=1S/C61H92O28/c1-11-25(2)51(78)89-49-48(75)61(24-81-26(3)64)29(18-56(49,5)6)28-12-13-34-57(7)16-15-35(58(8,23-63)33(57)14-17-59(34,9)60(28,10)19-36(61)82-27(4)65)84-55-47(88-53-42(73)40(71)39(70)32(20-62)83-53)44(43(74)45(86-55)50(76)77)85-54-46(38(69)31(67)22-80-54)87-52-41(72)37(68)30(66)21-79-52/h11-12,23,29-49,52-55,62,66-75H,13-22,24H2,1-10H3,(H,76,77)/b25-11+/t29-,30+,31-,32+,33+,34+,35-,36+,37-,38-,39-,40-,41+,42+,43-,44-,45-,46+,47+,48-,49-,52-,53-,54-,55+,57-,58-,59+,60+,61-/m0/s1. The van der Waals surface area contributed by atoms with E-state index >= 15 is 0 Å². The molecule has 0 radical (unpaired) electrons. The third-order valence-corrected chi connectivity index (χ3v) is 22.5. The predicted molar refractivity (Wildman–Crippen MR) is 298 cm³/mol. The number of aldehydes is 1. The van der Waals surface area contributed by atoms with E-state index in [1.807, 2.05) is 13.8 Å². The van der Waals surface area contributed by atoms with Crippen LogP contribution in [-0.2, 0) is 76.1 Å². The molecule has 0 aromatic rings. The first-order valence-electron chi connectivity index (χ1n) is 30.7. The van der Waals surface area contributed by atoms with E-state index < -0.39 is 223 Å². The highest BCUT2D eigenvalue weighted by atomic mass is 16.8. The van der Waals surface area contributed by atoms with Gasteiger partial charge in [0, 0.05) is 24.8 Å². The summed E-state index contributed by atoms with van der Waals surface area (Å²) in [4.78, 5) is 67.1. The largest absolute Gasteiger partial charge is 0.479 e. The van der Waals surface area contributed by atoms with Crippen LogP contribution in [-0.4, -0.2) is 253 Å². The number of hydrogen-bond donors (Lipinski definition) is 12. The van der Waals surface area contributed by atoms with Crippen LogP contribution < -0.4 is 0 Å². The fourth-order valence-electron chi connectivity index (χ4n) is 17.2. The van der Waals surface area contributed by atoms with Crippen LogP contribution in [0.2, 0.25) is 0 Å². The molecule has 504 valence electrons. The van der Waals surface area contributed by atoms with Gasteiger partial charge >= 0.3 is 23.9 Å². The van der Waals surface area contributed by atoms with Crippen LogP contribution in [0.3, 0.4) is 0 Å². The van der Waals surface area contributed by atoms with Crippen molar-refractivity contribution in [2.45, 2.75) is 249 Å². The molecule has 28 nitrogen and oxygen atoms in total. The van der Waals surface area contributed by atoms with E-state index in [-0.39, 0.29) is 25.4 Å². The summed E-state index contributed by atoms with van der Waals surface area (Å²) in [6.07, 6.45) is -32.9. The van der Waals surface area contributed by atoms with Crippen molar-refractivity contribution in [3.8, 4) is 0 Å². The van der Waals surface area contributed by atoms with Gasteiger partial charge in [-0.3, -0.25) is 9.59 Å². The van der Waals surface area contributed by atoms with Gasteiger partial charge in [0.2, 0.25) is 0 Å². The summed E-state index contributed by atoms with van der Waals surface area (Å²) in [7, 11) is 0. The lowest BCUT2D eigenvalue weighted by atomic mass is 9.33. The minimum absolute atomic E-state index is 0.0912. The Bertz CT molecular complexity index is 2670. The molecule has 4 aliphatic heterocycles. The molecule has 9 aliphatic rings. The maximum absolute atomic E-state index is 14.3. The van der Waals surface area contributed by atoms with Crippen molar-refractivity contribution < 1.29 is 137 Å². The van der Waals surface area contributed by atoms with Crippen LogP contribution in [0.1, 0.15) is 114 Å². The van der Waals surface area contributed by atoms with Crippen molar-refractivity contribution in [3.63, 3.8) is 0 Å². The van der Waals surface area contributed by atoms with Crippen molar-refractivity contribution in [1.82, 2.24) is 0 Å². The van der Waals surface area contributed by atoms with Crippen LogP contribution in [0, 0.1) is 50.2 Å². The van der Waals surface area contributed by atoms with E-state index in [1.165, 1.54) is 13.8 Å². The molecule has 0 amide bonds. The second-order valence-electron chi connectivity index (χ2n) is 27.9. The highest BCUT2D eigenvalue weighted by Gasteiger charge is 2.75. The number of aliphatic hydroxyl groups is 11. The van der Waals surface area contributed by atoms with Gasteiger partial charge in [0.15, 0.2) is 31.3 Å². The second kappa shape index (κ2) is 25.9. The summed E-state index contributed by atoms with van der Waals surface area (Å²) in [5.41, 5.74) is -4.65. The number of aliphatic carboxylic acids is 1. The average Bonchev–Trinajstić information content (AvgIpc) is 0.693. The van der Waals surface area contributed by atoms with Gasteiger partial charge in [0.25, 0.3) is 0 Å². The molecule has 0 aromatic heterocycles. The molecule has 8 fully saturated rings. The summed E-state index contributed by atoms with van der Waals surface area (Å²) in [6, 6.07) is 0. The Kier molecular flexibility index (Phi) is 20.2. The maximum Gasteiger partial charge on any atom is 0.335 e. The van der Waals surface area contributed by atoms with E-state index in [2.05, 4.69) is 26.8 Å². The summed E-state index contributed by atoms with van der Waals surface area (Å²) in [5, 5.41) is 132. The van der Waals surface area contributed by atoms with Gasteiger partial charge in [-0.2, -0.15) is 0 Å². The fraction of sp³-hybridized carbons (Fsp3) is 0.852. The number of hydrogen-bond acceptors (Lipinski definition) is 27. The Morgan fingerprint density at radius 3 is 1.90 bits per heavy atom. The smallest absolute Gasteiger partial charge is 0.335 e. The Balaban J connectivity index is 1.07. The molecular formula is C61H92O28. The number of carbonyl (C=O) groups is 5. The average molecular weight is 1270 g/mol. The first kappa shape index (κ1) is 69.6. The number of allylic oxidation sites excluding steroid dienone is 3. The van der Waals surface area contributed by atoms with Gasteiger partial charge in [-0.15, -0.1) is 0 Å². The second-order valence-corrected chi connectivity index (χ2v) is 27.9. The van der Waals surface area contributed by atoms with Crippen molar-refractivity contribution in [1.29, 1.82) is 0 Å². The Morgan fingerprint density at radius 2 is 1.28 bits per heavy atom. The van der Waals surface area contributed by atoms with Crippen molar-refractivity contribution in [3.05, 3.63) is 23.3 Å². The van der Waals surface area contributed by atoms with Gasteiger partial charge in [-0.25, -0.2) is 9.59 Å². The lowest BCUT2D eigenvalue weighted by Gasteiger charge is -2.72.